The molecule has 1 unspecified atom stereocenters. The Hall–Kier alpha value is -2.15. The average Bonchev–Trinajstić information content (AvgIpc) is 2.95. The van der Waals surface area contributed by atoms with Crippen molar-refractivity contribution in [3.8, 4) is 0 Å². The SMILES string of the molecule is CN(Cc1ccccc1)c1cc(N(C)C2CCS(=O)(=O)C2)ncn1. The maximum absolute atomic E-state index is 11.7. The summed E-state index contributed by atoms with van der Waals surface area (Å²) in [6, 6.07) is 12.1. The standard InChI is InChI=1S/C17H22N4O2S/c1-20(11-14-6-4-3-5-7-14)16-10-17(19-13-18-16)21(2)15-8-9-24(22,23)12-15/h3-7,10,13,15H,8-9,11-12H2,1-2H3. The van der Waals surface area contributed by atoms with Gasteiger partial charge in [0, 0.05) is 32.7 Å². The van der Waals surface area contributed by atoms with Gasteiger partial charge < -0.3 is 9.80 Å². The Bertz CT molecular complexity index is 795. The summed E-state index contributed by atoms with van der Waals surface area (Å²) in [4.78, 5) is 12.7. The molecule has 1 aromatic heterocycles. The number of anilines is 2. The summed E-state index contributed by atoms with van der Waals surface area (Å²) in [7, 11) is 0.972. The first kappa shape index (κ1) is 16.7. The topological polar surface area (TPSA) is 66.4 Å². The zero-order chi connectivity index (χ0) is 17.2. The van der Waals surface area contributed by atoms with Gasteiger partial charge in [-0.1, -0.05) is 30.3 Å². The zero-order valence-corrected chi connectivity index (χ0v) is 14.8. The molecule has 3 rings (SSSR count). The van der Waals surface area contributed by atoms with Crippen molar-refractivity contribution in [2.45, 2.75) is 19.0 Å². The Balaban J connectivity index is 1.74. The predicted molar refractivity (Wildman–Crippen MR) is 96.0 cm³/mol. The van der Waals surface area contributed by atoms with Gasteiger partial charge in [-0.2, -0.15) is 0 Å². The molecule has 0 saturated carbocycles. The summed E-state index contributed by atoms with van der Waals surface area (Å²) in [5, 5.41) is 0. The number of hydrogen-bond donors (Lipinski definition) is 0. The maximum atomic E-state index is 11.7. The summed E-state index contributed by atoms with van der Waals surface area (Å²) in [5.74, 6) is 2.02. The van der Waals surface area contributed by atoms with E-state index in [0.717, 1.165) is 18.2 Å². The molecular formula is C17H22N4O2S. The molecule has 1 fully saturated rings. The molecule has 0 aliphatic carbocycles. The fourth-order valence-corrected chi connectivity index (χ4v) is 4.72. The molecule has 24 heavy (non-hydrogen) atoms. The van der Waals surface area contributed by atoms with E-state index in [2.05, 4.69) is 27.0 Å². The molecule has 0 amide bonds. The van der Waals surface area contributed by atoms with Crippen LogP contribution >= 0.6 is 0 Å². The van der Waals surface area contributed by atoms with Crippen molar-refractivity contribution in [1.29, 1.82) is 0 Å². The van der Waals surface area contributed by atoms with Crippen LogP contribution in [0.3, 0.4) is 0 Å². The summed E-state index contributed by atoms with van der Waals surface area (Å²) < 4.78 is 23.4. The Labute approximate surface area is 143 Å². The number of sulfone groups is 1. The highest BCUT2D eigenvalue weighted by atomic mass is 32.2. The smallest absolute Gasteiger partial charge is 0.152 e. The summed E-state index contributed by atoms with van der Waals surface area (Å²) in [6.07, 6.45) is 2.18. The summed E-state index contributed by atoms with van der Waals surface area (Å²) in [5.41, 5.74) is 1.20. The third kappa shape index (κ3) is 3.84. The fourth-order valence-electron chi connectivity index (χ4n) is 2.94. The molecule has 1 saturated heterocycles. The van der Waals surface area contributed by atoms with Crippen LogP contribution in [0.4, 0.5) is 11.6 Å². The summed E-state index contributed by atoms with van der Waals surface area (Å²) in [6.45, 7) is 0.749. The fraction of sp³-hybridized carbons (Fsp3) is 0.412. The Morgan fingerprint density at radius 3 is 2.50 bits per heavy atom. The second-order valence-corrected chi connectivity index (χ2v) is 8.47. The Morgan fingerprint density at radius 2 is 1.83 bits per heavy atom. The van der Waals surface area contributed by atoms with Crippen LogP contribution in [0.2, 0.25) is 0 Å². The predicted octanol–water partition coefficient (Wildman–Crippen LogP) is 1.74. The minimum Gasteiger partial charge on any atom is -0.355 e. The van der Waals surface area contributed by atoms with E-state index in [4.69, 9.17) is 0 Å². The van der Waals surface area contributed by atoms with Crippen LogP contribution < -0.4 is 9.80 Å². The van der Waals surface area contributed by atoms with Crippen molar-refractivity contribution >= 4 is 21.5 Å². The van der Waals surface area contributed by atoms with Gasteiger partial charge in [0.1, 0.15) is 18.0 Å². The third-order valence-electron chi connectivity index (χ3n) is 4.41. The monoisotopic (exact) mass is 346 g/mol. The van der Waals surface area contributed by atoms with Crippen LogP contribution in [0.25, 0.3) is 0 Å². The van der Waals surface area contributed by atoms with E-state index in [9.17, 15) is 8.42 Å². The molecule has 128 valence electrons. The van der Waals surface area contributed by atoms with Crippen LogP contribution in [0.5, 0.6) is 0 Å². The highest BCUT2D eigenvalue weighted by Gasteiger charge is 2.31. The first-order valence-electron chi connectivity index (χ1n) is 7.95. The third-order valence-corrected chi connectivity index (χ3v) is 6.16. The number of benzene rings is 1. The van der Waals surface area contributed by atoms with Gasteiger partial charge in [-0.25, -0.2) is 18.4 Å². The van der Waals surface area contributed by atoms with Crippen LogP contribution in [0.1, 0.15) is 12.0 Å². The molecule has 0 bridgehead atoms. The lowest BCUT2D eigenvalue weighted by molar-refractivity contribution is 0.600. The van der Waals surface area contributed by atoms with E-state index < -0.39 is 9.84 Å². The second kappa shape index (κ2) is 6.76. The maximum Gasteiger partial charge on any atom is 0.152 e. The number of hydrogen-bond acceptors (Lipinski definition) is 6. The summed E-state index contributed by atoms with van der Waals surface area (Å²) >= 11 is 0. The molecule has 1 atom stereocenters. The molecule has 0 radical (unpaired) electrons. The van der Waals surface area contributed by atoms with Gasteiger partial charge in [0.05, 0.1) is 11.5 Å². The Kier molecular flexibility index (Phi) is 4.71. The lowest BCUT2D eigenvalue weighted by atomic mass is 10.2. The highest BCUT2D eigenvalue weighted by molar-refractivity contribution is 7.91. The largest absolute Gasteiger partial charge is 0.355 e. The van der Waals surface area contributed by atoms with Crippen molar-refractivity contribution in [1.82, 2.24) is 9.97 Å². The minimum absolute atomic E-state index is 0.0165. The molecular weight excluding hydrogens is 324 g/mol. The van der Waals surface area contributed by atoms with Crippen molar-refractivity contribution in [3.05, 3.63) is 48.3 Å². The van der Waals surface area contributed by atoms with Gasteiger partial charge in [-0.05, 0) is 12.0 Å². The van der Waals surface area contributed by atoms with Crippen molar-refractivity contribution in [2.24, 2.45) is 0 Å². The normalized spacial score (nSPS) is 19.2. The van der Waals surface area contributed by atoms with Crippen LogP contribution in [-0.4, -0.2) is 50.0 Å². The van der Waals surface area contributed by atoms with E-state index in [1.54, 1.807) is 0 Å². The molecule has 2 heterocycles. The van der Waals surface area contributed by atoms with Crippen molar-refractivity contribution < 1.29 is 8.42 Å². The molecule has 7 heteroatoms. The number of nitrogens with zero attached hydrogens (tertiary/aromatic N) is 4. The molecule has 1 aliphatic rings. The minimum atomic E-state index is -2.91. The van der Waals surface area contributed by atoms with Crippen LogP contribution in [0, 0.1) is 0 Å². The molecule has 0 N–H and O–H groups in total. The molecule has 1 aromatic carbocycles. The number of rotatable bonds is 5. The first-order chi connectivity index (χ1) is 11.4. The van der Waals surface area contributed by atoms with Gasteiger partial charge in [0.2, 0.25) is 0 Å². The van der Waals surface area contributed by atoms with Gasteiger partial charge >= 0.3 is 0 Å². The van der Waals surface area contributed by atoms with Crippen LogP contribution in [0.15, 0.2) is 42.7 Å². The quantitative estimate of drug-likeness (QED) is 0.821. The second-order valence-electron chi connectivity index (χ2n) is 6.24. The van der Waals surface area contributed by atoms with E-state index in [1.165, 1.54) is 11.9 Å². The zero-order valence-electron chi connectivity index (χ0n) is 14.0. The van der Waals surface area contributed by atoms with Gasteiger partial charge in [0.15, 0.2) is 9.84 Å². The van der Waals surface area contributed by atoms with E-state index in [-0.39, 0.29) is 17.5 Å². The first-order valence-corrected chi connectivity index (χ1v) is 9.77. The number of aromatic nitrogens is 2. The van der Waals surface area contributed by atoms with Gasteiger partial charge in [-0.3, -0.25) is 0 Å². The van der Waals surface area contributed by atoms with E-state index in [0.29, 0.717) is 6.42 Å². The molecule has 2 aromatic rings. The van der Waals surface area contributed by atoms with Crippen molar-refractivity contribution in [2.75, 3.05) is 35.4 Å². The Morgan fingerprint density at radius 1 is 1.12 bits per heavy atom. The van der Waals surface area contributed by atoms with Crippen LogP contribution in [-0.2, 0) is 16.4 Å². The van der Waals surface area contributed by atoms with Gasteiger partial charge in [-0.15, -0.1) is 0 Å². The van der Waals surface area contributed by atoms with Crippen molar-refractivity contribution in [3.63, 3.8) is 0 Å². The van der Waals surface area contributed by atoms with E-state index in [1.807, 2.05) is 43.3 Å². The molecule has 6 nitrogen and oxygen atoms in total. The average molecular weight is 346 g/mol. The molecule has 0 spiro atoms. The lowest BCUT2D eigenvalue weighted by Gasteiger charge is -2.26. The highest BCUT2D eigenvalue weighted by Crippen LogP contribution is 2.23. The molecule has 1 aliphatic heterocycles. The van der Waals surface area contributed by atoms with Gasteiger partial charge in [0.25, 0.3) is 0 Å². The van der Waals surface area contributed by atoms with E-state index >= 15 is 0 Å². The lowest BCUT2D eigenvalue weighted by Crippen LogP contribution is -2.33.